The first-order valence-corrected chi connectivity index (χ1v) is 9.20. The Bertz CT molecular complexity index is 797. The minimum Gasteiger partial charge on any atom is -0.484 e. The lowest BCUT2D eigenvalue weighted by atomic mass is 9.95. The first-order chi connectivity index (χ1) is 12.4. The van der Waals surface area contributed by atoms with Crippen molar-refractivity contribution < 1.29 is 14.3 Å². The zero-order valence-electron chi connectivity index (χ0n) is 14.8. The topological polar surface area (TPSA) is 58.6 Å². The number of hydrogen-bond donors (Lipinski definition) is 1. The quantitative estimate of drug-likeness (QED) is 0.782. The lowest BCUT2D eigenvalue weighted by molar-refractivity contribution is -0.130. The van der Waals surface area contributed by atoms with E-state index in [0.29, 0.717) is 11.4 Å². The number of rotatable bonds is 6. The zero-order chi connectivity index (χ0) is 18.7. The molecule has 0 saturated heterocycles. The van der Waals surface area contributed by atoms with E-state index < -0.39 is 5.41 Å². The van der Waals surface area contributed by atoms with Crippen LogP contribution < -0.4 is 10.1 Å². The number of amides is 2. The van der Waals surface area contributed by atoms with E-state index in [9.17, 15) is 9.59 Å². The van der Waals surface area contributed by atoms with Crippen LogP contribution in [0.1, 0.15) is 18.4 Å². The molecular formula is C20H21BrN2O3. The predicted octanol–water partition coefficient (Wildman–Crippen LogP) is 3.59. The molecule has 2 aromatic carbocycles. The molecule has 1 fully saturated rings. The largest absolute Gasteiger partial charge is 0.484 e. The normalized spacial score (nSPS) is 14.4. The molecule has 0 radical (unpaired) electrons. The molecule has 1 saturated carbocycles. The van der Waals surface area contributed by atoms with Gasteiger partial charge in [0.2, 0.25) is 5.91 Å². The monoisotopic (exact) mass is 416 g/mol. The number of ether oxygens (including phenoxy) is 1. The predicted molar refractivity (Wildman–Crippen MR) is 104 cm³/mol. The molecule has 0 aliphatic heterocycles. The van der Waals surface area contributed by atoms with Crippen LogP contribution in [0.4, 0.5) is 5.69 Å². The van der Waals surface area contributed by atoms with Crippen LogP contribution in [0.15, 0.2) is 53.0 Å². The van der Waals surface area contributed by atoms with Gasteiger partial charge in [-0.1, -0.05) is 28.1 Å². The summed E-state index contributed by atoms with van der Waals surface area (Å²) in [5.41, 5.74) is 1.33. The maximum atomic E-state index is 12.8. The van der Waals surface area contributed by atoms with Crippen LogP contribution in [0.2, 0.25) is 0 Å². The molecule has 0 heterocycles. The van der Waals surface area contributed by atoms with Crippen molar-refractivity contribution in [2.24, 2.45) is 0 Å². The van der Waals surface area contributed by atoms with Crippen molar-refractivity contribution in [2.75, 3.05) is 26.0 Å². The van der Waals surface area contributed by atoms with Crippen LogP contribution in [0.25, 0.3) is 0 Å². The second-order valence-electron chi connectivity index (χ2n) is 6.64. The molecule has 0 bridgehead atoms. The number of anilines is 1. The van der Waals surface area contributed by atoms with Crippen molar-refractivity contribution in [1.82, 2.24) is 4.90 Å². The Morgan fingerprint density at radius 1 is 1.08 bits per heavy atom. The first kappa shape index (κ1) is 18.5. The SMILES string of the molecule is CN(C)C(=O)COc1ccc(NC(=O)C2(c3ccc(Br)cc3)CC2)cc1. The van der Waals surface area contributed by atoms with E-state index in [4.69, 9.17) is 4.74 Å². The van der Waals surface area contributed by atoms with Gasteiger partial charge in [0.15, 0.2) is 6.61 Å². The van der Waals surface area contributed by atoms with Gasteiger partial charge in [0.1, 0.15) is 5.75 Å². The molecule has 2 amide bonds. The summed E-state index contributed by atoms with van der Waals surface area (Å²) in [7, 11) is 3.37. The smallest absolute Gasteiger partial charge is 0.259 e. The molecular weight excluding hydrogens is 396 g/mol. The summed E-state index contributed by atoms with van der Waals surface area (Å²) in [4.78, 5) is 25.8. The van der Waals surface area contributed by atoms with E-state index in [0.717, 1.165) is 22.9 Å². The molecule has 0 atom stereocenters. The number of nitrogens with zero attached hydrogens (tertiary/aromatic N) is 1. The maximum Gasteiger partial charge on any atom is 0.259 e. The average molecular weight is 417 g/mol. The van der Waals surface area contributed by atoms with Gasteiger partial charge in [-0.15, -0.1) is 0 Å². The van der Waals surface area contributed by atoms with Crippen molar-refractivity contribution in [3.63, 3.8) is 0 Å². The Balaban J connectivity index is 1.61. The summed E-state index contributed by atoms with van der Waals surface area (Å²) in [5.74, 6) is 0.496. The lowest BCUT2D eigenvalue weighted by Crippen LogP contribution is -2.28. The van der Waals surface area contributed by atoms with Gasteiger partial charge in [-0.2, -0.15) is 0 Å². The molecule has 0 unspecified atom stereocenters. The number of carbonyl (C=O) groups excluding carboxylic acids is 2. The third-order valence-electron chi connectivity index (χ3n) is 4.55. The van der Waals surface area contributed by atoms with E-state index in [1.54, 1.807) is 38.4 Å². The van der Waals surface area contributed by atoms with Crippen LogP contribution >= 0.6 is 15.9 Å². The summed E-state index contributed by atoms with van der Waals surface area (Å²) in [6, 6.07) is 15.0. The van der Waals surface area contributed by atoms with E-state index in [1.807, 2.05) is 24.3 Å². The fourth-order valence-electron chi connectivity index (χ4n) is 2.70. The summed E-state index contributed by atoms with van der Waals surface area (Å²) in [6.45, 7) is -0.00855. The molecule has 0 aromatic heterocycles. The van der Waals surface area contributed by atoms with Gasteiger partial charge >= 0.3 is 0 Å². The summed E-state index contributed by atoms with van der Waals surface area (Å²) in [6.07, 6.45) is 1.71. The van der Waals surface area contributed by atoms with Crippen molar-refractivity contribution >= 4 is 33.4 Å². The fraction of sp³-hybridized carbons (Fsp3) is 0.300. The Kier molecular flexibility index (Phi) is 5.32. The van der Waals surface area contributed by atoms with Crippen LogP contribution in [0.3, 0.4) is 0 Å². The van der Waals surface area contributed by atoms with Crippen molar-refractivity contribution in [3.05, 3.63) is 58.6 Å². The van der Waals surface area contributed by atoms with Gasteiger partial charge in [-0.05, 0) is 54.8 Å². The lowest BCUT2D eigenvalue weighted by Gasteiger charge is -2.16. The van der Waals surface area contributed by atoms with E-state index >= 15 is 0 Å². The van der Waals surface area contributed by atoms with Crippen molar-refractivity contribution in [3.8, 4) is 5.75 Å². The number of halogens is 1. The molecule has 0 spiro atoms. The van der Waals surface area contributed by atoms with Crippen LogP contribution in [0, 0.1) is 0 Å². The highest BCUT2D eigenvalue weighted by Gasteiger charge is 2.51. The molecule has 3 rings (SSSR count). The number of hydrogen-bond acceptors (Lipinski definition) is 3. The van der Waals surface area contributed by atoms with E-state index in [-0.39, 0.29) is 18.4 Å². The maximum absolute atomic E-state index is 12.8. The summed E-state index contributed by atoms with van der Waals surface area (Å²) in [5, 5.41) is 2.99. The molecule has 6 heteroatoms. The number of benzene rings is 2. The second kappa shape index (κ2) is 7.50. The van der Waals surface area contributed by atoms with Crippen LogP contribution in [-0.4, -0.2) is 37.4 Å². The molecule has 5 nitrogen and oxygen atoms in total. The highest BCUT2D eigenvalue weighted by atomic mass is 79.9. The average Bonchev–Trinajstić information content (AvgIpc) is 3.43. The second-order valence-corrected chi connectivity index (χ2v) is 7.56. The molecule has 1 aliphatic carbocycles. The highest BCUT2D eigenvalue weighted by molar-refractivity contribution is 9.10. The highest BCUT2D eigenvalue weighted by Crippen LogP contribution is 2.49. The fourth-order valence-corrected chi connectivity index (χ4v) is 2.96. The number of likely N-dealkylation sites (N-methyl/N-ethyl adjacent to an activating group) is 1. The van der Waals surface area contributed by atoms with Crippen LogP contribution in [0.5, 0.6) is 5.75 Å². The third kappa shape index (κ3) is 4.07. The van der Waals surface area contributed by atoms with Crippen molar-refractivity contribution in [1.29, 1.82) is 0 Å². The summed E-state index contributed by atoms with van der Waals surface area (Å²) >= 11 is 3.42. The van der Waals surface area contributed by atoms with Gasteiger partial charge < -0.3 is 15.0 Å². The number of nitrogens with one attached hydrogen (secondary N) is 1. The van der Waals surface area contributed by atoms with Gasteiger partial charge in [-0.25, -0.2) is 0 Å². The van der Waals surface area contributed by atoms with E-state index in [1.165, 1.54) is 4.90 Å². The number of carbonyl (C=O) groups is 2. The minimum atomic E-state index is -0.423. The Labute approximate surface area is 161 Å². The molecule has 2 aromatic rings. The standard InChI is InChI=1S/C20H21BrN2O3/c1-23(2)18(24)13-26-17-9-7-16(8-10-17)22-19(25)20(11-12-20)14-3-5-15(21)6-4-14/h3-10H,11-13H2,1-2H3,(H,22,25). The third-order valence-corrected chi connectivity index (χ3v) is 5.08. The molecule has 136 valence electrons. The minimum absolute atomic E-state index is 0.00855. The Hall–Kier alpha value is -2.34. The van der Waals surface area contributed by atoms with Gasteiger partial charge in [0.05, 0.1) is 5.41 Å². The zero-order valence-corrected chi connectivity index (χ0v) is 16.4. The van der Waals surface area contributed by atoms with Gasteiger partial charge in [0, 0.05) is 24.3 Å². The Morgan fingerprint density at radius 3 is 2.23 bits per heavy atom. The van der Waals surface area contributed by atoms with Crippen LogP contribution in [-0.2, 0) is 15.0 Å². The Morgan fingerprint density at radius 2 is 1.69 bits per heavy atom. The van der Waals surface area contributed by atoms with E-state index in [2.05, 4.69) is 21.2 Å². The molecule has 26 heavy (non-hydrogen) atoms. The molecule has 1 N–H and O–H groups in total. The van der Waals surface area contributed by atoms with Crippen molar-refractivity contribution in [2.45, 2.75) is 18.3 Å². The van der Waals surface area contributed by atoms with Gasteiger partial charge in [0.25, 0.3) is 5.91 Å². The molecule has 1 aliphatic rings. The van der Waals surface area contributed by atoms with Gasteiger partial charge in [-0.3, -0.25) is 9.59 Å². The first-order valence-electron chi connectivity index (χ1n) is 8.41. The summed E-state index contributed by atoms with van der Waals surface area (Å²) < 4.78 is 6.44.